The van der Waals surface area contributed by atoms with Crippen LogP contribution >= 0.6 is 0 Å². The predicted octanol–water partition coefficient (Wildman–Crippen LogP) is 1.18. The number of hydrogen-bond donors (Lipinski definition) is 1. The first kappa shape index (κ1) is 10.5. The van der Waals surface area contributed by atoms with Crippen molar-refractivity contribution < 1.29 is 4.79 Å². The number of carbonyl (C=O) groups excluding carboxylic acids is 1. The van der Waals surface area contributed by atoms with E-state index in [-0.39, 0.29) is 11.8 Å². The summed E-state index contributed by atoms with van der Waals surface area (Å²) in [5.41, 5.74) is 5.55. The summed E-state index contributed by atoms with van der Waals surface area (Å²) in [5.74, 6) is -0.477. The Labute approximate surface area is 93.9 Å². The van der Waals surface area contributed by atoms with Gasteiger partial charge < -0.3 is 5.73 Å². The number of aromatic nitrogens is 2. The number of amides is 1. The minimum absolute atomic E-state index is 0.127. The van der Waals surface area contributed by atoms with E-state index in [1.807, 2.05) is 31.2 Å². The molecular formula is C12H13N3O. The summed E-state index contributed by atoms with van der Waals surface area (Å²) in [6.07, 6.45) is 10.6. The first-order valence-electron chi connectivity index (χ1n) is 5.06. The van der Waals surface area contributed by atoms with Gasteiger partial charge in [-0.05, 0) is 13.0 Å². The quantitative estimate of drug-likeness (QED) is 0.805. The molecule has 0 aliphatic heterocycles. The minimum Gasteiger partial charge on any atom is -0.369 e. The van der Waals surface area contributed by atoms with Crippen molar-refractivity contribution in [1.82, 2.24) is 9.97 Å². The molecule has 82 valence electrons. The average molecular weight is 215 g/mol. The first-order valence-corrected chi connectivity index (χ1v) is 5.06. The fourth-order valence-electron chi connectivity index (χ4n) is 1.86. The van der Waals surface area contributed by atoms with Crippen molar-refractivity contribution in [3.05, 3.63) is 48.6 Å². The van der Waals surface area contributed by atoms with Crippen molar-refractivity contribution in [2.45, 2.75) is 12.8 Å². The van der Waals surface area contributed by atoms with Crippen molar-refractivity contribution in [2.75, 3.05) is 0 Å². The normalized spacial score (nSPS) is 27.9. The maximum atomic E-state index is 11.6. The molecule has 4 nitrogen and oxygen atoms in total. The van der Waals surface area contributed by atoms with Crippen LogP contribution in [0.3, 0.4) is 0 Å². The molecule has 16 heavy (non-hydrogen) atoms. The molecule has 0 saturated heterocycles. The molecule has 0 fully saturated rings. The zero-order chi connectivity index (χ0) is 11.6. The first-order chi connectivity index (χ1) is 7.64. The Kier molecular flexibility index (Phi) is 2.56. The Hall–Kier alpha value is -1.97. The van der Waals surface area contributed by atoms with E-state index < -0.39 is 5.41 Å². The second kappa shape index (κ2) is 3.89. The third kappa shape index (κ3) is 1.62. The number of rotatable bonds is 2. The Bertz CT molecular complexity index is 453. The van der Waals surface area contributed by atoms with Crippen LogP contribution in [0.1, 0.15) is 18.5 Å². The molecule has 0 saturated carbocycles. The van der Waals surface area contributed by atoms with Crippen LogP contribution < -0.4 is 5.73 Å². The van der Waals surface area contributed by atoms with Crippen LogP contribution in [-0.4, -0.2) is 15.9 Å². The van der Waals surface area contributed by atoms with Gasteiger partial charge in [0.25, 0.3) is 0 Å². The third-order valence-electron chi connectivity index (χ3n) is 2.96. The van der Waals surface area contributed by atoms with E-state index in [1.165, 1.54) is 6.33 Å². The van der Waals surface area contributed by atoms with Gasteiger partial charge in [0.1, 0.15) is 6.33 Å². The Morgan fingerprint density at radius 3 is 2.94 bits per heavy atom. The van der Waals surface area contributed by atoms with Gasteiger partial charge in [0.2, 0.25) is 5.91 Å². The van der Waals surface area contributed by atoms with Crippen molar-refractivity contribution in [1.29, 1.82) is 0 Å². The summed E-state index contributed by atoms with van der Waals surface area (Å²) >= 11 is 0. The lowest BCUT2D eigenvalue weighted by atomic mass is 9.72. The molecule has 0 radical (unpaired) electrons. The smallest absolute Gasteiger partial charge is 0.228 e. The van der Waals surface area contributed by atoms with E-state index in [2.05, 4.69) is 9.97 Å². The van der Waals surface area contributed by atoms with E-state index in [0.717, 1.165) is 5.69 Å². The van der Waals surface area contributed by atoms with Gasteiger partial charge in [0.15, 0.2) is 0 Å². The van der Waals surface area contributed by atoms with Crippen LogP contribution in [0.5, 0.6) is 0 Å². The number of allylic oxidation sites excluding steroid dienone is 3. The van der Waals surface area contributed by atoms with E-state index >= 15 is 0 Å². The van der Waals surface area contributed by atoms with E-state index in [4.69, 9.17) is 5.73 Å². The van der Waals surface area contributed by atoms with Gasteiger partial charge in [-0.3, -0.25) is 4.79 Å². The number of hydrogen-bond acceptors (Lipinski definition) is 3. The van der Waals surface area contributed by atoms with Gasteiger partial charge in [-0.15, -0.1) is 0 Å². The summed E-state index contributed by atoms with van der Waals surface area (Å²) in [7, 11) is 0. The summed E-state index contributed by atoms with van der Waals surface area (Å²) in [6, 6.07) is 1.80. The maximum absolute atomic E-state index is 11.6. The molecule has 1 amide bonds. The average Bonchev–Trinajstić information content (AvgIpc) is 2.30. The lowest BCUT2D eigenvalue weighted by Gasteiger charge is -2.31. The zero-order valence-corrected chi connectivity index (χ0v) is 9.00. The highest BCUT2D eigenvalue weighted by Crippen LogP contribution is 2.39. The molecule has 2 N–H and O–H groups in total. The minimum atomic E-state index is -0.719. The second-order valence-corrected chi connectivity index (χ2v) is 4.00. The van der Waals surface area contributed by atoms with Gasteiger partial charge in [-0.25, -0.2) is 9.97 Å². The van der Waals surface area contributed by atoms with Crippen molar-refractivity contribution >= 4 is 5.91 Å². The van der Waals surface area contributed by atoms with Crippen molar-refractivity contribution in [3.8, 4) is 0 Å². The van der Waals surface area contributed by atoms with Gasteiger partial charge in [0, 0.05) is 12.1 Å². The van der Waals surface area contributed by atoms with Gasteiger partial charge in [0.05, 0.1) is 11.1 Å². The van der Waals surface area contributed by atoms with Crippen LogP contribution in [0.4, 0.5) is 0 Å². The Morgan fingerprint density at radius 2 is 2.31 bits per heavy atom. The third-order valence-corrected chi connectivity index (χ3v) is 2.96. The highest BCUT2D eigenvalue weighted by Gasteiger charge is 2.38. The largest absolute Gasteiger partial charge is 0.369 e. The molecule has 1 aliphatic carbocycles. The molecule has 1 heterocycles. The molecule has 2 rings (SSSR count). The van der Waals surface area contributed by atoms with Crippen molar-refractivity contribution in [3.63, 3.8) is 0 Å². The molecule has 1 aliphatic rings. The zero-order valence-electron chi connectivity index (χ0n) is 9.00. The second-order valence-electron chi connectivity index (χ2n) is 4.00. The molecule has 0 bridgehead atoms. The topological polar surface area (TPSA) is 68.9 Å². The van der Waals surface area contributed by atoms with Crippen LogP contribution in [0.15, 0.2) is 42.9 Å². The van der Waals surface area contributed by atoms with E-state index in [9.17, 15) is 4.79 Å². The fourth-order valence-corrected chi connectivity index (χ4v) is 1.86. The maximum Gasteiger partial charge on any atom is 0.228 e. The molecular weight excluding hydrogens is 202 g/mol. The highest BCUT2D eigenvalue weighted by molar-refractivity contribution is 5.84. The Balaban J connectivity index is 2.44. The molecule has 0 spiro atoms. The standard InChI is InChI=1S/C12H13N3O/c1-12(11(13)16)6-3-2-4-9(12)10-5-7-14-8-15-10/h2-9H,1H3,(H2,13,16). The Morgan fingerprint density at radius 1 is 1.50 bits per heavy atom. The molecule has 2 atom stereocenters. The monoisotopic (exact) mass is 215 g/mol. The summed E-state index contributed by atoms with van der Waals surface area (Å²) in [4.78, 5) is 19.6. The lowest BCUT2D eigenvalue weighted by Crippen LogP contribution is -2.38. The molecule has 2 unspecified atom stereocenters. The van der Waals surface area contributed by atoms with Crippen LogP contribution in [0, 0.1) is 5.41 Å². The van der Waals surface area contributed by atoms with Crippen LogP contribution in [0.25, 0.3) is 0 Å². The van der Waals surface area contributed by atoms with Gasteiger partial charge in [-0.1, -0.05) is 24.3 Å². The number of carbonyl (C=O) groups is 1. The SMILES string of the molecule is CC1(C(N)=O)C=CC=CC1c1ccncn1. The van der Waals surface area contributed by atoms with Crippen LogP contribution in [0.2, 0.25) is 0 Å². The van der Waals surface area contributed by atoms with Gasteiger partial charge in [-0.2, -0.15) is 0 Å². The van der Waals surface area contributed by atoms with Crippen LogP contribution in [-0.2, 0) is 4.79 Å². The van der Waals surface area contributed by atoms with Gasteiger partial charge >= 0.3 is 0 Å². The van der Waals surface area contributed by atoms with E-state index in [0.29, 0.717) is 0 Å². The summed E-state index contributed by atoms with van der Waals surface area (Å²) < 4.78 is 0. The summed E-state index contributed by atoms with van der Waals surface area (Å²) in [6.45, 7) is 1.82. The predicted molar refractivity (Wildman–Crippen MR) is 60.4 cm³/mol. The van der Waals surface area contributed by atoms with E-state index in [1.54, 1.807) is 12.3 Å². The number of primary amides is 1. The molecule has 0 aromatic carbocycles. The molecule has 4 heteroatoms. The molecule has 1 aromatic rings. The fraction of sp³-hybridized carbons (Fsp3) is 0.250. The number of nitrogens with zero attached hydrogens (tertiary/aromatic N) is 2. The van der Waals surface area contributed by atoms with Crippen molar-refractivity contribution in [2.24, 2.45) is 11.1 Å². The lowest BCUT2D eigenvalue weighted by molar-refractivity contribution is -0.125. The highest BCUT2D eigenvalue weighted by atomic mass is 16.1. The molecule has 1 aromatic heterocycles. The summed E-state index contributed by atoms with van der Waals surface area (Å²) in [5, 5.41) is 0. The number of nitrogens with two attached hydrogens (primary N) is 1.